The van der Waals surface area contributed by atoms with Crippen molar-refractivity contribution in [3.05, 3.63) is 16.7 Å². The van der Waals surface area contributed by atoms with Crippen molar-refractivity contribution in [3.63, 3.8) is 0 Å². The third kappa shape index (κ3) is 1.92. The third-order valence-corrected chi connectivity index (χ3v) is 2.79. The number of nitrogen functional groups attached to an aromatic ring is 1. The van der Waals surface area contributed by atoms with Crippen molar-refractivity contribution in [3.8, 4) is 0 Å². The summed E-state index contributed by atoms with van der Waals surface area (Å²) in [5.41, 5.74) is 5.04. The molecule has 0 aromatic carbocycles. The SMILES string of the molecule is COC(=O)C1CC(=O)N(c2c(N)nc[nH]c2=O)C1. The van der Waals surface area contributed by atoms with E-state index in [1.54, 1.807) is 0 Å². The van der Waals surface area contributed by atoms with Gasteiger partial charge >= 0.3 is 5.97 Å². The van der Waals surface area contributed by atoms with Crippen LogP contribution in [0.1, 0.15) is 6.42 Å². The molecule has 1 aliphatic heterocycles. The van der Waals surface area contributed by atoms with Gasteiger partial charge in [-0.1, -0.05) is 0 Å². The highest BCUT2D eigenvalue weighted by Gasteiger charge is 2.37. The average molecular weight is 252 g/mol. The van der Waals surface area contributed by atoms with Crippen molar-refractivity contribution >= 4 is 23.4 Å². The van der Waals surface area contributed by atoms with E-state index >= 15 is 0 Å². The lowest BCUT2D eigenvalue weighted by molar-refractivity contribution is -0.145. The van der Waals surface area contributed by atoms with Crippen LogP contribution in [0, 0.1) is 5.92 Å². The highest BCUT2D eigenvalue weighted by atomic mass is 16.5. The Balaban J connectivity index is 2.33. The Kier molecular flexibility index (Phi) is 3.00. The Morgan fingerprint density at radius 2 is 2.33 bits per heavy atom. The van der Waals surface area contributed by atoms with E-state index in [1.807, 2.05) is 0 Å². The van der Waals surface area contributed by atoms with Crippen LogP contribution in [-0.2, 0) is 14.3 Å². The van der Waals surface area contributed by atoms with E-state index in [-0.39, 0.29) is 30.4 Å². The second-order valence-electron chi connectivity index (χ2n) is 3.89. The number of H-pyrrole nitrogens is 1. The lowest BCUT2D eigenvalue weighted by Gasteiger charge is -2.16. The summed E-state index contributed by atoms with van der Waals surface area (Å²) < 4.78 is 4.58. The van der Waals surface area contributed by atoms with Crippen LogP contribution in [0.4, 0.5) is 11.5 Å². The fourth-order valence-electron chi connectivity index (χ4n) is 1.92. The maximum Gasteiger partial charge on any atom is 0.311 e. The van der Waals surface area contributed by atoms with Gasteiger partial charge in [-0.2, -0.15) is 0 Å². The van der Waals surface area contributed by atoms with Gasteiger partial charge < -0.3 is 20.4 Å². The van der Waals surface area contributed by atoms with E-state index in [9.17, 15) is 14.4 Å². The predicted molar refractivity (Wildman–Crippen MR) is 61.7 cm³/mol. The minimum Gasteiger partial charge on any atom is -0.469 e. The molecular formula is C10H12N4O4. The lowest BCUT2D eigenvalue weighted by atomic mass is 10.1. The van der Waals surface area contributed by atoms with Gasteiger partial charge in [0.2, 0.25) is 5.91 Å². The first-order valence-electron chi connectivity index (χ1n) is 5.26. The quantitative estimate of drug-likeness (QED) is 0.643. The van der Waals surface area contributed by atoms with Crippen molar-refractivity contribution in [2.45, 2.75) is 6.42 Å². The van der Waals surface area contributed by atoms with E-state index in [0.717, 1.165) is 6.33 Å². The number of amides is 1. The number of carbonyl (C=O) groups excluding carboxylic acids is 2. The number of methoxy groups -OCH3 is 1. The Morgan fingerprint density at radius 3 is 2.94 bits per heavy atom. The minimum atomic E-state index is -0.582. The zero-order valence-electron chi connectivity index (χ0n) is 9.67. The molecule has 1 aromatic heterocycles. The summed E-state index contributed by atoms with van der Waals surface area (Å²) in [5.74, 6) is -1.46. The maximum absolute atomic E-state index is 11.8. The number of ether oxygens (including phenoxy) is 1. The number of aromatic nitrogens is 2. The number of rotatable bonds is 2. The molecule has 2 heterocycles. The molecule has 3 N–H and O–H groups in total. The lowest BCUT2D eigenvalue weighted by Crippen LogP contribution is -2.32. The molecule has 1 aliphatic rings. The average Bonchev–Trinajstić information content (AvgIpc) is 2.70. The van der Waals surface area contributed by atoms with Crippen molar-refractivity contribution in [2.24, 2.45) is 5.92 Å². The van der Waals surface area contributed by atoms with Crippen molar-refractivity contribution < 1.29 is 14.3 Å². The van der Waals surface area contributed by atoms with Crippen LogP contribution in [0.3, 0.4) is 0 Å². The summed E-state index contributed by atoms with van der Waals surface area (Å²) in [4.78, 5) is 42.0. The minimum absolute atomic E-state index is 0.000444. The van der Waals surface area contributed by atoms with E-state index < -0.39 is 17.4 Å². The molecule has 0 aliphatic carbocycles. The van der Waals surface area contributed by atoms with Gasteiger partial charge in [-0.15, -0.1) is 0 Å². The molecule has 1 aromatic rings. The van der Waals surface area contributed by atoms with Crippen LogP contribution >= 0.6 is 0 Å². The molecule has 2 rings (SSSR count). The number of hydrogen-bond donors (Lipinski definition) is 2. The van der Waals surface area contributed by atoms with Gasteiger partial charge in [-0.05, 0) is 0 Å². The van der Waals surface area contributed by atoms with E-state index in [2.05, 4.69) is 14.7 Å². The Hall–Kier alpha value is -2.38. The zero-order chi connectivity index (χ0) is 13.3. The molecule has 1 unspecified atom stereocenters. The first-order valence-corrected chi connectivity index (χ1v) is 5.26. The first-order chi connectivity index (χ1) is 8.54. The van der Waals surface area contributed by atoms with Gasteiger partial charge in [0.15, 0.2) is 11.5 Å². The molecule has 1 atom stereocenters. The molecule has 8 heteroatoms. The van der Waals surface area contributed by atoms with Gasteiger partial charge in [-0.3, -0.25) is 14.4 Å². The number of anilines is 2. The molecule has 96 valence electrons. The highest BCUT2D eigenvalue weighted by molar-refractivity contribution is 6.00. The topological polar surface area (TPSA) is 118 Å². The fraction of sp³-hybridized carbons (Fsp3) is 0.400. The zero-order valence-corrected chi connectivity index (χ0v) is 9.67. The summed E-state index contributed by atoms with van der Waals surface area (Å²) in [7, 11) is 1.25. The number of esters is 1. The summed E-state index contributed by atoms with van der Waals surface area (Å²) >= 11 is 0. The van der Waals surface area contributed by atoms with Crippen LogP contribution in [0.5, 0.6) is 0 Å². The van der Waals surface area contributed by atoms with Crippen molar-refractivity contribution in [1.82, 2.24) is 9.97 Å². The molecule has 1 fully saturated rings. The number of nitrogens with one attached hydrogen (secondary N) is 1. The first kappa shape index (κ1) is 12.1. The number of nitrogens with two attached hydrogens (primary N) is 1. The van der Waals surface area contributed by atoms with Crippen molar-refractivity contribution in [2.75, 3.05) is 24.3 Å². The second kappa shape index (κ2) is 4.47. The van der Waals surface area contributed by atoms with Crippen LogP contribution in [-0.4, -0.2) is 35.5 Å². The van der Waals surface area contributed by atoms with Gasteiger partial charge in [-0.25, -0.2) is 4.98 Å². The maximum atomic E-state index is 11.8. The Labute approximate surface area is 102 Å². The number of hydrogen-bond acceptors (Lipinski definition) is 6. The Bertz CT molecular complexity index is 553. The molecule has 18 heavy (non-hydrogen) atoms. The van der Waals surface area contributed by atoms with Gasteiger partial charge in [0, 0.05) is 13.0 Å². The summed E-state index contributed by atoms with van der Waals surface area (Å²) in [6.45, 7) is 0.0739. The van der Waals surface area contributed by atoms with Crippen LogP contribution in [0.15, 0.2) is 11.1 Å². The van der Waals surface area contributed by atoms with Crippen LogP contribution < -0.4 is 16.2 Å². The summed E-state index contributed by atoms with van der Waals surface area (Å²) in [6.07, 6.45) is 1.15. The molecule has 0 spiro atoms. The predicted octanol–water partition coefficient (Wildman–Crippen LogP) is -1.12. The summed E-state index contributed by atoms with van der Waals surface area (Å²) in [5, 5.41) is 0. The third-order valence-electron chi connectivity index (χ3n) is 2.79. The molecule has 8 nitrogen and oxygen atoms in total. The number of carbonyl (C=O) groups is 2. The highest BCUT2D eigenvalue weighted by Crippen LogP contribution is 2.25. The fourth-order valence-corrected chi connectivity index (χ4v) is 1.92. The van der Waals surface area contributed by atoms with E-state index in [1.165, 1.54) is 12.0 Å². The van der Waals surface area contributed by atoms with Gasteiger partial charge in [0.25, 0.3) is 5.56 Å². The number of nitrogens with zero attached hydrogens (tertiary/aromatic N) is 2. The number of aromatic amines is 1. The molecule has 1 saturated heterocycles. The van der Waals surface area contributed by atoms with Crippen molar-refractivity contribution in [1.29, 1.82) is 0 Å². The molecule has 1 amide bonds. The van der Waals surface area contributed by atoms with Gasteiger partial charge in [0.05, 0.1) is 19.4 Å². The smallest absolute Gasteiger partial charge is 0.311 e. The monoisotopic (exact) mass is 252 g/mol. The molecule has 0 bridgehead atoms. The molecule has 0 radical (unpaired) electrons. The van der Waals surface area contributed by atoms with Crippen LogP contribution in [0.2, 0.25) is 0 Å². The normalized spacial score (nSPS) is 19.1. The van der Waals surface area contributed by atoms with E-state index in [4.69, 9.17) is 5.73 Å². The van der Waals surface area contributed by atoms with E-state index in [0.29, 0.717) is 0 Å². The largest absolute Gasteiger partial charge is 0.469 e. The molecular weight excluding hydrogens is 240 g/mol. The van der Waals surface area contributed by atoms with Gasteiger partial charge in [0.1, 0.15) is 0 Å². The Morgan fingerprint density at radius 1 is 1.61 bits per heavy atom. The van der Waals surface area contributed by atoms with Crippen LogP contribution in [0.25, 0.3) is 0 Å². The standard InChI is InChI=1S/C10H12N4O4/c1-18-10(17)5-2-6(15)14(3-5)7-8(11)12-4-13-9(7)16/h4-5H,2-3H2,1H3,(H3,11,12,13,16). The second-order valence-corrected chi connectivity index (χ2v) is 3.89. The molecule has 0 saturated carbocycles. The summed E-state index contributed by atoms with van der Waals surface area (Å²) in [6, 6.07) is 0.